The van der Waals surface area contributed by atoms with Gasteiger partial charge in [-0.2, -0.15) is 0 Å². The van der Waals surface area contributed by atoms with Crippen LogP contribution in [-0.4, -0.2) is 43.4 Å². The first-order valence-corrected chi connectivity index (χ1v) is 9.09. The van der Waals surface area contributed by atoms with Crippen LogP contribution in [0.2, 0.25) is 0 Å². The van der Waals surface area contributed by atoms with E-state index in [1.165, 1.54) is 12.7 Å². The largest absolute Gasteiger partial charge is 0.471 e. The molecule has 2 heterocycles. The topological polar surface area (TPSA) is 110 Å². The second-order valence-electron chi connectivity index (χ2n) is 5.91. The number of benzene rings is 1. The van der Waals surface area contributed by atoms with Crippen LogP contribution in [0.3, 0.4) is 0 Å². The third-order valence-electron chi connectivity index (χ3n) is 3.80. The van der Waals surface area contributed by atoms with Gasteiger partial charge < -0.3 is 20.8 Å². The summed E-state index contributed by atoms with van der Waals surface area (Å²) >= 11 is 0. The summed E-state index contributed by atoms with van der Waals surface area (Å²) in [7, 11) is 3.23. The first-order valence-electron chi connectivity index (χ1n) is 9.09. The van der Waals surface area contributed by atoms with Crippen LogP contribution in [0.25, 0.3) is 22.5 Å². The van der Waals surface area contributed by atoms with Crippen LogP contribution < -0.4 is 11.1 Å². The highest BCUT2D eigenvalue weighted by Gasteiger charge is 2.06. The number of aromatic amines is 1. The SMILES string of the molecule is CCN.CNc1ccc(-c2cc(-c3cc(C=O)c[nH]3)ccn2)cc1C.COC=O. The van der Waals surface area contributed by atoms with Crippen LogP contribution in [0.5, 0.6) is 0 Å². The van der Waals surface area contributed by atoms with E-state index in [0.29, 0.717) is 12.0 Å². The first-order chi connectivity index (χ1) is 14.0. The van der Waals surface area contributed by atoms with E-state index in [1.807, 2.05) is 32.2 Å². The number of aromatic nitrogens is 2. The predicted molar refractivity (Wildman–Crippen MR) is 117 cm³/mol. The van der Waals surface area contributed by atoms with Crippen molar-refractivity contribution in [2.75, 3.05) is 26.0 Å². The smallest absolute Gasteiger partial charge is 0.292 e. The minimum atomic E-state index is 0.375. The lowest BCUT2D eigenvalue weighted by Gasteiger charge is -2.08. The molecule has 0 aliphatic rings. The summed E-state index contributed by atoms with van der Waals surface area (Å²) in [4.78, 5) is 27.3. The monoisotopic (exact) mass is 396 g/mol. The Morgan fingerprint density at radius 2 is 1.86 bits per heavy atom. The van der Waals surface area contributed by atoms with Crippen molar-refractivity contribution in [1.29, 1.82) is 0 Å². The van der Waals surface area contributed by atoms with Gasteiger partial charge in [0, 0.05) is 47.5 Å². The molecule has 0 amide bonds. The first kappa shape index (κ1) is 23.6. The number of aryl methyl sites for hydroxylation is 1. The molecule has 4 N–H and O–H groups in total. The van der Waals surface area contributed by atoms with Crippen molar-refractivity contribution >= 4 is 18.4 Å². The fourth-order valence-corrected chi connectivity index (χ4v) is 2.51. The zero-order chi connectivity index (χ0) is 21.6. The minimum Gasteiger partial charge on any atom is -0.471 e. The van der Waals surface area contributed by atoms with Gasteiger partial charge >= 0.3 is 0 Å². The van der Waals surface area contributed by atoms with Crippen LogP contribution in [0.15, 0.2) is 48.8 Å². The number of methoxy groups -OCH3 is 1. The van der Waals surface area contributed by atoms with E-state index in [-0.39, 0.29) is 0 Å². The van der Waals surface area contributed by atoms with E-state index in [1.54, 1.807) is 12.4 Å². The number of aldehydes is 1. The molecule has 154 valence electrons. The molecular weight excluding hydrogens is 368 g/mol. The van der Waals surface area contributed by atoms with Crippen molar-refractivity contribution in [2.45, 2.75) is 13.8 Å². The Kier molecular flexibility index (Phi) is 10.5. The normalized spacial score (nSPS) is 9.28. The van der Waals surface area contributed by atoms with Gasteiger partial charge in [0.15, 0.2) is 6.29 Å². The standard InChI is InChI=1S/C18H17N3O.C2H7N.C2H4O2/c1-12-7-14(3-4-16(12)19-2)18-9-15(5-6-20-18)17-8-13(11-22)10-21-17;1-2-3;1-4-2-3/h3-11,19,21H,1-2H3;2-3H2,1H3;2H,1H3. The Morgan fingerprint density at radius 1 is 1.17 bits per heavy atom. The van der Waals surface area contributed by atoms with Crippen molar-refractivity contribution in [1.82, 2.24) is 9.97 Å². The molecule has 0 unspecified atom stereocenters. The van der Waals surface area contributed by atoms with E-state index >= 15 is 0 Å². The molecule has 0 spiro atoms. The maximum atomic E-state index is 10.8. The summed E-state index contributed by atoms with van der Waals surface area (Å²) in [6.07, 6.45) is 4.32. The molecule has 0 aliphatic carbocycles. The Morgan fingerprint density at radius 3 is 2.38 bits per heavy atom. The molecule has 0 bridgehead atoms. The quantitative estimate of drug-likeness (QED) is 0.568. The fourth-order valence-electron chi connectivity index (χ4n) is 2.51. The summed E-state index contributed by atoms with van der Waals surface area (Å²) in [6, 6.07) is 12.0. The molecule has 0 atom stereocenters. The second kappa shape index (κ2) is 12.9. The summed E-state index contributed by atoms with van der Waals surface area (Å²) in [5, 5.41) is 3.16. The second-order valence-corrected chi connectivity index (χ2v) is 5.91. The molecule has 3 rings (SSSR count). The van der Waals surface area contributed by atoms with E-state index < -0.39 is 0 Å². The van der Waals surface area contributed by atoms with Gasteiger partial charge in [0.1, 0.15) is 0 Å². The highest BCUT2D eigenvalue weighted by Crippen LogP contribution is 2.26. The Labute approximate surface area is 171 Å². The van der Waals surface area contributed by atoms with E-state index in [0.717, 1.165) is 41.0 Å². The summed E-state index contributed by atoms with van der Waals surface area (Å²) in [5.41, 5.74) is 11.7. The molecule has 2 aromatic heterocycles. The van der Waals surface area contributed by atoms with Crippen LogP contribution in [0.4, 0.5) is 5.69 Å². The van der Waals surface area contributed by atoms with Crippen molar-refractivity contribution in [2.24, 2.45) is 5.73 Å². The molecule has 1 aromatic carbocycles. The number of nitrogens with zero attached hydrogens (tertiary/aromatic N) is 1. The summed E-state index contributed by atoms with van der Waals surface area (Å²) in [5.74, 6) is 0. The number of pyridine rings is 1. The molecule has 0 fully saturated rings. The minimum absolute atomic E-state index is 0.375. The number of H-pyrrole nitrogens is 1. The summed E-state index contributed by atoms with van der Waals surface area (Å²) < 4.78 is 3.86. The molecule has 29 heavy (non-hydrogen) atoms. The molecule has 7 nitrogen and oxygen atoms in total. The van der Waals surface area contributed by atoms with E-state index in [9.17, 15) is 4.79 Å². The molecular formula is C22H28N4O3. The predicted octanol–water partition coefficient (Wildman–Crippen LogP) is 3.66. The van der Waals surface area contributed by atoms with E-state index in [4.69, 9.17) is 10.5 Å². The highest BCUT2D eigenvalue weighted by molar-refractivity contribution is 5.79. The van der Waals surface area contributed by atoms with Crippen LogP contribution >= 0.6 is 0 Å². The van der Waals surface area contributed by atoms with E-state index in [2.05, 4.69) is 45.1 Å². The number of carbonyl (C=O) groups is 2. The number of hydrogen-bond donors (Lipinski definition) is 3. The number of nitrogens with one attached hydrogen (secondary N) is 2. The molecule has 0 radical (unpaired) electrons. The Bertz CT molecular complexity index is 907. The van der Waals surface area contributed by atoms with Crippen molar-refractivity contribution in [3.63, 3.8) is 0 Å². The lowest BCUT2D eigenvalue weighted by atomic mass is 10.0. The number of carbonyl (C=O) groups excluding carboxylic acids is 2. The van der Waals surface area contributed by atoms with Crippen LogP contribution in [0, 0.1) is 6.92 Å². The molecule has 7 heteroatoms. The number of ether oxygens (including phenoxy) is 1. The molecule has 0 saturated heterocycles. The van der Waals surface area contributed by atoms with Crippen LogP contribution in [-0.2, 0) is 9.53 Å². The average Bonchev–Trinajstić information content (AvgIpc) is 3.24. The van der Waals surface area contributed by atoms with Gasteiger partial charge in [0.25, 0.3) is 6.47 Å². The molecule has 3 aromatic rings. The summed E-state index contributed by atoms with van der Waals surface area (Å²) in [6.45, 7) is 5.10. The van der Waals surface area contributed by atoms with Gasteiger partial charge in [0.05, 0.1) is 12.8 Å². The molecule has 0 aliphatic heterocycles. The van der Waals surface area contributed by atoms with Crippen LogP contribution in [0.1, 0.15) is 22.8 Å². The molecule has 0 saturated carbocycles. The number of rotatable bonds is 5. The lowest BCUT2D eigenvalue weighted by molar-refractivity contribution is -0.126. The highest BCUT2D eigenvalue weighted by atomic mass is 16.5. The maximum absolute atomic E-state index is 10.8. The van der Waals surface area contributed by atoms with Crippen molar-refractivity contribution < 1.29 is 14.3 Å². The van der Waals surface area contributed by atoms with Gasteiger partial charge in [-0.15, -0.1) is 0 Å². The van der Waals surface area contributed by atoms with Gasteiger partial charge in [-0.25, -0.2) is 0 Å². The number of nitrogens with two attached hydrogens (primary N) is 1. The zero-order valence-corrected chi connectivity index (χ0v) is 17.2. The number of hydrogen-bond acceptors (Lipinski definition) is 6. The average molecular weight is 396 g/mol. The van der Waals surface area contributed by atoms with Gasteiger partial charge in [-0.1, -0.05) is 13.0 Å². The van der Waals surface area contributed by atoms with Crippen molar-refractivity contribution in [3.8, 4) is 22.5 Å². The van der Waals surface area contributed by atoms with Crippen molar-refractivity contribution in [3.05, 3.63) is 59.9 Å². The third-order valence-corrected chi connectivity index (χ3v) is 3.80. The van der Waals surface area contributed by atoms with Gasteiger partial charge in [0.2, 0.25) is 0 Å². The van der Waals surface area contributed by atoms with Gasteiger partial charge in [-0.05, 0) is 49.4 Å². The van der Waals surface area contributed by atoms with Gasteiger partial charge in [-0.3, -0.25) is 14.6 Å². The third kappa shape index (κ3) is 7.23. The Hall–Kier alpha value is -3.45. The maximum Gasteiger partial charge on any atom is 0.292 e. The lowest BCUT2D eigenvalue weighted by Crippen LogP contribution is -1.92. The fraction of sp³-hybridized carbons (Fsp3) is 0.227. The zero-order valence-electron chi connectivity index (χ0n) is 17.2. The Balaban J connectivity index is 0.000000526. The number of anilines is 1.